The molecule has 0 saturated carbocycles. The van der Waals surface area contributed by atoms with Crippen LogP contribution < -0.4 is 10.0 Å². The summed E-state index contributed by atoms with van der Waals surface area (Å²) in [7, 11) is -3.87. The number of hydrogen-bond acceptors (Lipinski definition) is 3. The van der Waals surface area contributed by atoms with Crippen molar-refractivity contribution in [2.24, 2.45) is 5.92 Å². The van der Waals surface area contributed by atoms with Crippen molar-refractivity contribution in [1.82, 2.24) is 5.32 Å². The van der Waals surface area contributed by atoms with E-state index in [1.54, 1.807) is 25.1 Å². The van der Waals surface area contributed by atoms with Gasteiger partial charge in [-0.3, -0.25) is 9.52 Å². The molecule has 0 fully saturated rings. The fourth-order valence-corrected chi connectivity index (χ4v) is 5.24. The molecule has 0 aliphatic rings. The number of hydrogen-bond donors (Lipinski definition) is 2. The SMILES string of the molecule is Cc1ccc(NS(=O)(=O)c2cc(C(=O)N[C@H](CC(C)C)c3ccccc3)ccc2C)c(C)c1. The number of carbonyl (C=O) groups excluding carboxylic acids is 1. The molecule has 0 aliphatic heterocycles. The van der Waals surface area contributed by atoms with Crippen molar-refractivity contribution in [3.05, 3.63) is 94.5 Å². The van der Waals surface area contributed by atoms with Crippen LogP contribution in [0.25, 0.3) is 0 Å². The zero-order chi connectivity index (χ0) is 24.2. The number of nitrogens with one attached hydrogen (secondary N) is 2. The molecule has 0 spiro atoms. The normalized spacial score (nSPS) is 12.4. The average Bonchev–Trinajstić information content (AvgIpc) is 2.75. The minimum atomic E-state index is -3.87. The standard InChI is InChI=1S/C27H32N2O3S/c1-18(2)15-25(22-9-7-6-8-10-22)28-27(30)23-13-12-20(4)26(17-23)33(31,32)29-24-14-11-19(3)16-21(24)5/h6-14,16-18,25,29H,15H2,1-5H3,(H,28,30)/t25-/m1/s1. The average molecular weight is 465 g/mol. The smallest absolute Gasteiger partial charge is 0.262 e. The molecule has 1 amide bonds. The third-order valence-electron chi connectivity index (χ3n) is 5.58. The van der Waals surface area contributed by atoms with Crippen molar-refractivity contribution in [3.63, 3.8) is 0 Å². The van der Waals surface area contributed by atoms with Gasteiger partial charge in [-0.05, 0) is 68.0 Å². The quantitative estimate of drug-likeness (QED) is 0.434. The Morgan fingerprint density at radius 2 is 1.58 bits per heavy atom. The lowest BCUT2D eigenvalue weighted by atomic mass is 9.96. The molecule has 3 aromatic carbocycles. The van der Waals surface area contributed by atoms with Gasteiger partial charge in [0.2, 0.25) is 0 Å². The van der Waals surface area contributed by atoms with Crippen molar-refractivity contribution < 1.29 is 13.2 Å². The van der Waals surface area contributed by atoms with Crippen LogP contribution in [0.4, 0.5) is 5.69 Å². The van der Waals surface area contributed by atoms with Gasteiger partial charge in [0.25, 0.3) is 15.9 Å². The Morgan fingerprint density at radius 1 is 0.879 bits per heavy atom. The molecule has 3 rings (SSSR count). The summed E-state index contributed by atoms with van der Waals surface area (Å²) in [6, 6.07) is 20.0. The molecule has 0 bridgehead atoms. The van der Waals surface area contributed by atoms with Gasteiger partial charge in [-0.1, -0.05) is 67.9 Å². The number of amides is 1. The van der Waals surface area contributed by atoms with Crippen molar-refractivity contribution in [3.8, 4) is 0 Å². The van der Waals surface area contributed by atoms with Crippen LogP contribution in [0.3, 0.4) is 0 Å². The van der Waals surface area contributed by atoms with E-state index in [0.717, 1.165) is 23.1 Å². The fourth-order valence-electron chi connectivity index (χ4n) is 3.84. The van der Waals surface area contributed by atoms with E-state index in [0.29, 0.717) is 22.7 Å². The molecule has 174 valence electrons. The van der Waals surface area contributed by atoms with E-state index in [4.69, 9.17) is 0 Å². The molecule has 0 heterocycles. The summed E-state index contributed by atoms with van der Waals surface area (Å²) >= 11 is 0. The third kappa shape index (κ3) is 6.23. The number of rotatable bonds is 8. The van der Waals surface area contributed by atoms with Gasteiger partial charge in [-0.25, -0.2) is 8.42 Å². The van der Waals surface area contributed by atoms with E-state index in [-0.39, 0.29) is 16.8 Å². The zero-order valence-electron chi connectivity index (χ0n) is 19.8. The molecule has 1 atom stereocenters. The van der Waals surface area contributed by atoms with E-state index in [1.807, 2.05) is 56.3 Å². The van der Waals surface area contributed by atoms with Crippen LogP contribution in [-0.2, 0) is 10.0 Å². The van der Waals surface area contributed by atoms with Gasteiger partial charge < -0.3 is 5.32 Å². The van der Waals surface area contributed by atoms with Gasteiger partial charge in [0, 0.05) is 5.56 Å². The van der Waals surface area contributed by atoms with Crippen LogP contribution in [-0.4, -0.2) is 14.3 Å². The van der Waals surface area contributed by atoms with Crippen molar-refractivity contribution in [2.45, 2.75) is 52.0 Å². The van der Waals surface area contributed by atoms with Crippen LogP contribution in [0.15, 0.2) is 71.6 Å². The predicted molar refractivity (Wildman–Crippen MR) is 134 cm³/mol. The highest BCUT2D eigenvalue weighted by Crippen LogP contribution is 2.25. The van der Waals surface area contributed by atoms with E-state index in [2.05, 4.69) is 23.9 Å². The molecule has 33 heavy (non-hydrogen) atoms. The number of anilines is 1. The maximum atomic E-state index is 13.2. The highest BCUT2D eigenvalue weighted by molar-refractivity contribution is 7.92. The Balaban J connectivity index is 1.88. The Morgan fingerprint density at radius 3 is 2.21 bits per heavy atom. The maximum Gasteiger partial charge on any atom is 0.262 e. The number of sulfonamides is 1. The van der Waals surface area contributed by atoms with Crippen LogP contribution >= 0.6 is 0 Å². The van der Waals surface area contributed by atoms with Crippen molar-refractivity contribution >= 4 is 21.6 Å². The van der Waals surface area contributed by atoms with Crippen LogP contribution in [0.2, 0.25) is 0 Å². The highest BCUT2D eigenvalue weighted by atomic mass is 32.2. The summed E-state index contributed by atoms with van der Waals surface area (Å²) in [6.07, 6.45) is 0.779. The zero-order valence-corrected chi connectivity index (χ0v) is 20.7. The van der Waals surface area contributed by atoms with Gasteiger partial charge >= 0.3 is 0 Å². The number of carbonyl (C=O) groups is 1. The molecule has 2 N–H and O–H groups in total. The van der Waals surface area contributed by atoms with Crippen molar-refractivity contribution in [1.29, 1.82) is 0 Å². The summed E-state index contributed by atoms with van der Waals surface area (Å²) in [6.45, 7) is 9.76. The topological polar surface area (TPSA) is 75.3 Å². The first-order valence-electron chi connectivity index (χ1n) is 11.1. The van der Waals surface area contributed by atoms with E-state index in [1.165, 1.54) is 6.07 Å². The maximum absolute atomic E-state index is 13.2. The first-order chi connectivity index (χ1) is 15.6. The fraction of sp³-hybridized carbons (Fsp3) is 0.296. The molecule has 0 aliphatic carbocycles. The van der Waals surface area contributed by atoms with Gasteiger partial charge in [0.15, 0.2) is 0 Å². The largest absolute Gasteiger partial charge is 0.345 e. The number of aryl methyl sites for hydroxylation is 3. The molecular formula is C27H32N2O3S. The summed E-state index contributed by atoms with van der Waals surface area (Å²) in [5, 5.41) is 3.09. The molecule has 0 radical (unpaired) electrons. The summed E-state index contributed by atoms with van der Waals surface area (Å²) in [5.74, 6) is 0.0823. The lowest BCUT2D eigenvalue weighted by molar-refractivity contribution is 0.0931. The third-order valence-corrected chi connectivity index (χ3v) is 7.09. The molecular weight excluding hydrogens is 432 g/mol. The highest BCUT2D eigenvalue weighted by Gasteiger charge is 2.22. The van der Waals surface area contributed by atoms with Crippen LogP contribution in [0.1, 0.15) is 58.9 Å². The molecule has 0 unspecified atom stereocenters. The van der Waals surface area contributed by atoms with Gasteiger partial charge in [0.05, 0.1) is 16.6 Å². The van der Waals surface area contributed by atoms with Gasteiger partial charge in [-0.15, -0.1) is 0 Å². The molecule has 0 saturated heterocycles. The molecule has 3 aromatic rings. The second-order valence-electron chi connectivity index (χ2n) is 8.97. The summed E-state index contributed by atoms with van der Waals surface area (Å²) < 4.78 is 29.0. The Hall–Kier alpha value is -3.12. The second kappa shape index (κ2) is 10.2. The van der Waals surface area contributed by atoms with Gasteiger partial charge in [0.1, 0.15) is 0 Å². The monoisotopic (exact) mass is 464 g/mol. The lowest BCUT2D eigenvalue weighted by Gasteiger charge is -2.21. The minimum Gasteiger partial charge on any atom is -0.345 e. The molecule has 5 nitrogen and oxygen atoms in total. The van der Waals surface area contributed by atoms with Crippen molar-refractivity contribution in [2.75, 3.05) is 4.72 Å². The van der Waals surface area contributed by atoms with E-state index < -0.39 is 10.0 Å². The second-order valence-corrected chi connectivity index (χ2v) is 10.6. The summed E-state index contributed by atoms with van der Waals surface area (Å²) in [5.41, 5.74) is 4.33. The predicted octanol–water partition coefficient (Wildman–Crippen LogP) is 5.93. The minimum absolute atomic E-state index is 0.0928. The Bertz CT molecular complexity index is 1240. The summed E-state index contributed by atoms with van der Waals surface area (Å²) in [4.78, 5) is 13.2. The molecule has 6 heteroatoms. The molecule has 0 aromatic heterocycles. The van der Waals surface area contributed by atoms with Gasteiger partial charge in [-0.2, -0.15) is 0 Å². The number of benzene rings is 3. The Labute approximate surface area is 197 Å². The first-order valence-corrected chi connectivity index (χ1v) is 12.6. The van der Waals surface area contributed by atoms with Crippen LogP contribution in [0.5, 0.6) is 0 Å². The Kier molecular flexibility index (Phi) is 7.59. The lowest BCUT2D eigenvalue weighted by Crippen LogP contribution is -2.29. The van der Waals surface area contributed by atoms with Crippen LogP contribution in [0, 0.1) is 26.7 Å². The first kappa shape index (κ1) is 24.5. The van der Waals surface area contributed by atoms with E-state index >= 15 is 0 Å². The van der Waals surface area contributed by atoms with E-state index in [9.17, 15) is 13.2 Å².